The SMILES string of the molecule is CCCCCCCC/C=C\C(CCCCCCCCC(=O)NCC(=O)NC(CO)C(=O)O)OC(=O)CCCCCCCCCCCCCCCCCCCCCCC. The molecule has 58 heavy (non-hydrogen) atoms. The minimum Gasteiger partial charge on any atom is -0.480 e. The molecule has 2 unspecified atom stereocenters. The van der Waals surface area contributed by atoms with Crippen LogP contribution in [0.2, 0.25) is 0 Å². The predicted octanol–water partition coefficient (Wildman–Crippen LogP) is 12.6. The normalized spacial score (nSPS) is 12.5. The van der Waals surface area contributed by atoms with Gasteiger partial charge >= 0.3 is 11.9 Å². The summed E-state index contributed by atoms with van der Waals surface area (Å²) >= 11 is 0. The number of aliphatic carboxylic acids is 1. The molecular formula is C49H92N2O7. The molecule has 9 heteroatoms. The number of carbonyl (C=O) groups is 4. The van der Waals surface area contributed by atoms with E-state index in [2.05, 4.69) is 36.6 Å². The summed E-state index contributed by atoms with van der Waals surface area (Å²) < 4.78 is 5.96. The Morgan fingerprint density at radius 1 is 0.517 bits per heavy atom. The third-order valence-electron chi connectivity index (χ3n) is 11.2. The van der Waals surface area contributed by atoms with Crippen molar-refractivity contribution < 1.29 is 34.1 Å². The van der Waals surface area contributed by atoms with E-state index in [9.17, 15) is 19.2 Å². The lowest BCUT2D eigenvalue weighted by Gasteiger charge is -2.15. The van der Waals surface area contributed by atoms with Gasteiger partial charge in [0.1, 0.15) is 12.1 Å². The molecule has 0 rings (SSSR count). The van der Waals surface area contributed by atoms with Gasteiger partial charge in [0.2, 0.25) is 11.8 Å². The number of hydrogen-bond acceptors (Lipinski definition) is 6. The number of carbonyl (C=O) groups excluding carboxylic acids is 3. The van der Waals surface area contributed by atoms with Crippen LogP contribution in [-0.4, -0.2) is 59.3 Å². The van der Waals surface area contributed by atoms with Gasteiger partial charge < -0.3 is 25.6 Å². The van der Waals surface area contributed by atoms with Crippen molar-refractivity contribution in [3.63, 3.8) is 0 Å². The van der Waals surface area contributed by atoms with E-state index in [1.54, 1.807) is 0 Å². The second kappa shape index (κ2) is 44.1. The standard InChI is InChI=1S/C49H92N2O7/c1-3-5-7-9-11-13-14-15-16-17-18-19-20-21-22-23-24-25-27-33-37-41-48(55)58-44(38-34-30-26-12-10-8-6-4-2)39-35-31-28-29-32-36-40-46(53)50-42-47(54)51-45(43-52)49(56)57/h34,38,44-45,52H,3-33,35-37,39-43H2,1-2H3,(H,50,53)(H,51,54)(H,56,57)/b38-34-. The molecule has 0 bridgehead atoms. The fourth-order valence-corrected chi connectivity index (χ4v) is 7.45. The summed E-state index contributed by atoms with van der Waals surface area (Å²) in [4.78, 5) is 47.5. The van der Waals surface area contributed by atoms with Gasteiger partial charge in [-0.25, -0.2) is 4.79 Å². The summed E-state index contributed by atoms with van der Waals surface area (Å²) in [5, 5.41) is 22.5. The molecule has 0 aliphatic rings. The number of esters is 1. The van der Waals surface area contributed by atoms with Gasteiger partial charge in [0.25, 0.3) is 0 Å². The lowest BCUT2D eigenvalue weighted by Crippen LogP contribution is -2.47. The second-order valence-electron chi connectivity index (χ2n) is 16.9. The number of hydrogen-bond donors (Lipinski definition) is 4. The lowest BCUT2D eigenvalue weighted by molar-refractivity contribution is -0.147. The highest BCUT2D eigenvalue weighted by molar-refractivity contribution is 5.87. The quantitative estimate of drug-likeness (QED) is 0.0272. The molecule has 0 aromatic heterocycles. The summed E-state index contributed by atoms with van der Waals surface area (Å²) in [6.45, 7) is 3.50. The Morgan fingerprint density at radius 3 is 1.34 bits per heavy atom. The fraction of sp³-hybridized carbons (Fsp3) is 0.878. The van der Waals surface area contributed by atoms with Crippen LogP contribution in [-0.2, 0) is 23.9 Å². The van der Waals surface area contributed by atoms with Gasteiger partial charge in [-0.15, -0.1) is 0 Å². The van der Waals surface area contributed by atoms with Crippen molar-refractivity contribution in [3.8, 4) is 0 Å². The van der Waals surface area contributed by atoms with Crippen molar-refractivity contribution in [1.29, 1.82) is 0 Å². The Hall–Kier alpha value is -2.42. The average molecular weight is 821 g/mol. The highest BCUT2D eigenvalue weighted by Crippen LogP contribution is 2.17. The van der Waals surface area contributed by atoms with E-state index in [0.29, 0.717) is 19.3 Å². The smallest absolute Gasteiger partial charge is 0.328 e. The molecular weight excluding hydrogens is 729 g/mol. The Bertz CT molecular complexity index is 988. The minimum atomic E-state index is -1.38. The first-order chi connectivity index (χ1) is 28.3. The van der Waals surface area contributed by atoms with Gasteiger partial charge in [-0.1, -0.05) is 206 Å². The van der Waals surface area contributed by atoms with Gasteiger partial charge in [-0.05, 0) is 44.6 Å². The van der Waals surface area contributed by atoms with Gasteiger partial charge in [0.05, 0.1) is 13.2 Å². The van der Waals surface area contributed by atoms with Crippen LogP contribution in [0.25, 0.3) is 0 Å². The molecule has 0 aromatic carbocycles. The number of nitrogens with one attached hydrogen (secondary N) is 2. The van der Waals surface area contributed by atoms with Gasteiger partial charge in [-0.3, -0.25) is 14.4 Å². The van der Waals surface area contributed by atoms with Crippen molar-refractivity contribution in [2.75, 3.05) is 13.2 Å². The molecule has 9 nitrogen and oxygen atoms in total. The predicted molar refractivity (Wildman–Crippen MR) is 241 cm³/mol. The second-order valence-corrected chi connectivity index (χ2v) is 16.9. The number of unbranched alkanes of at least 4 members (excludes halogenated alkanes) is 31. The Kier molecular flexibility index (Phi) is 42.3. The van der Waals surface area contributed by atoms with Crippen molar-refractivity contribution in [3.05, 3.63) is 12.2 Å². The van der Waals surface area contributed by atoms with Crippen LogP contribution in [0.4, 0.5) is 0 Å². The van der Waals surface area contributed by atoms with Gasteiger partial charge in [0, 0.05) is 12.8 Å². The van der Waals surface area contributed by atoms with Crippen LogP contribution in [0, 0.1) is 0 Å². The average Bonchev–Trinajstić information content (AvgIpc) is 3.21. The van der Waals surface area contributed by atoms with Gasteiger partial charge in [-0.2, -0.15) is 0 Å². The van der Waals surface area contributed by atoms with E-state index in [-0.39, 0.29) is 24.5 Å². The van der Waals surface area contributed by atoms with E-state index in [1.165, 1.54) is 161 Å². The third-order valence-corrected chi connectivity index (χ3v) is 11.2. The highest BCUT2D eigenvalue weighted by atomic mass is 16.5. The molecule has 0 spiro atoms. The molecule has 0 saturated carbocycles. The first kappa shape index (κ1) is 55.6. The first-order valence-electron chi connectivity index (χ1n) is 24.6. The Morgan fingerprint density at radius 2 is 0.914 bits per heavy atom. The van der Waals surface area contributed by atoms with Crippen molar-refractivity contribution in [1.82, 2.24) is 10.6 Å². The molecule has 2 amide bonds. The van der Waals surface area contributed by atoms with Crippen LogP contribution in [0.1, 0.15) is 251 Å². The van der Waals surface area contributed by atoms with E-state index < -0.39 is 24.5 Å². The molecule has 0 heterocycles. The molecule has 0 fully saturated rings. The van der Waals surface area contributed by atoms with Crippen LogP contribution >= 0.6 is 0 Å². The van der Waals surface area contributed by atoms with E-state index >= 15 is 0 Å². The topological polar surface area (TPSA) is 142 Å². The number of amides is 2. The number of rotatable bonds is 45. The van der Waals surface area contributed by atoms with Crippen molar-refractivity contribution in [2.24, 2.45) is 0 Å². The van der Waals surface area contributed by atoms with Crippen LogP contribution < -0.4 is 10.6 Å². The zero-order valence-corrected chi connectivity index (χ0v) is 37.8. The number of carboxylic acid groups (broad SMARTS) is 1. The zero-order chi connectivity index (χ0) is 42.6. The van der Waals surface area contributed by atoms with E-state index in [1.807, 2.05) is 0 Å². The van der Waals surface area contributed by atoms with E-state index in [0.717, 1.165) is 57.8 Å². The number of ether oxygens (including phenoxy) is 1. The monoisotopic (exact) mass is 821 g/mol. The third kappa shape index (κ3) is 40.4. The zero-order valence-electron chi connectivity index (χ0n) is 37.8. The molecule has 0 aromatic rings. The summed E-state index contributed by atoms with van der Waals surface area (Å²) in [7, 11) is 0. The highest BCUT2D eigenvalue weighted by Gasteiger charge is 2.18. The summed E-state index contributed by atoms with van der Waals surface area (Å²) in [5.74, 6) is -2.31. The number of carboxylic acids is 1. The largest absolute Gasteiger partial charge is 0.480 e. The maximum absolute atomic E-state index is 12.8. The maximum atomic E-state index is 12.8. The van der Waals surface area contributed by atoms with Crippen LogP contribution in [0.15, 0.2) is 12.2 Å². The lowest BCUT2D eigenvalue weighted by atomic mass is 10.0. The molecule has 0 radical (unpaired) electrons. The summed E-state index contributed by atoms with van der Waals surface area (Å²) in [5.41, 5.74) is 0. The molecule has 340 valence electrons. The number of aliphatic hydroxyl groups is 1. The molecule has 0 saturated heterocycles. The minimum absolute atomic E-state index is 0.0714. The van der Waals surface area contributed by atoms with Crippen molar-refractivity contribution >= 4 is 23.8 Å². The summed E-state index contributed by atoms with van der Waals surface area (Å²) in [6.07, 6.45) is 48.5. The Labute approximate surface area is 356 Å². The molecule has 4 N–H and O–H groups in total. The maximum Gasteiger partial charge on any atom is 0.328 e. The van der Waals surface area contributed by atoms with Crippen molar-refractivity contribution in [2.45, 2.75) is 264 Å². The van der Waals surface area contributed by atoms with Crippen LogP contribution in [0.3, 0.4) is 0 Å². The molecule has 2 atom stereocenters. The number of aliphatic hydroxyl groups excluding tert-OH is 1. The van der Waals surface area contributed by atoms with Gasteiger partial charge in [0.15, 0.2) is 0 Å². The van der Waals surface area contributed by atoms with E-state index in [4.69, 9.17) is 14.9 Å². The molecule has 0 aliphatic heterocycles. The molecule has 0 aliphatic carbocycles. The number of allylic oxidation sites excluding steroid dienone is 1. The fourth-order valence-electron chi connectivity index (χ4n) is 7.45. The summed E-state index contributed by atoms with van der Waals surface area (Å²) in [6, 6.07) is -1.38. The first-order valence-corrected chi connectivity index (χ1v) is 24.6. The Balaban J connectivity index is 4.07. The van der Waals surface area contributed by atoms with Crippen LogP contribution in [0.5, 0.6) is 0 Å².